The van der Waals surface area contributed by atoms with Crippen molar-refractivity contribution in [1.29, 1.82) is 0 Å². The Morgan fingerprint density at radius 2 is 2.32 bits per heavy atom. The first-order valence-electron chi connectivity index (χ1n) is 6.21. The lowest BCUT2D eigenvalue weighted by molar-refractivity contribution is 0.410. The lowest BCUT2D eigenvalue weighted by Gasteiger charge is -2.18. The first-order valence-corrected chi connectivity index (χ1v) is 7.09. The number of thiazole rings is 1. The van der Waals surface area contributed by atoms with E-state index in [-0.39, 0.29) is 11.9 Å². The summed E-state index contributed by atoms with van der Waals surface area (Å²) < 4.78 is 19.2. The van der Waals surface area contributed by atoms with Gasteiger partial charge in [0.05, 0.1) is 18.7 Å². The van der Waals surface area contributed by atoms with Crippen LogP contribution in [-0.2, 0) is 0 Å². The molecule has 102 valence electrons. The summed E-state index contributed by atoms with van der Waals surface area (Å²) in [6, 6.07) is 4.80. The van der Waals surface area contributed by atoms with Crippen molar-refractivity contribution < 1.29 is 9.13 Å². The van der Waals surface area contributed by atoms with Gasteiger partial charge in [0.15, 0.2) is 0 Å². The SMILES string of the molecule is CCCNC(c1cncs1)c1ccc(OC)cc1F. The maximum absolute atomic E-state index is 14.2. The number of methoxy groups -OCH3 is 1. The van der Waals surface area contributed by atoms with E-state index in [2.05, 4.69) is 17.2 Å². The number of hydrogen-bond donors (Lipinski definition) is 1. The molecule has 0 aliphatic carbocycles. The monoisotopic (exact) mass is 280 g/mol. The smallest absolute Gasteiger partial charge is 0.132 e. The topological polar surface area (TPSA) is 34.2 Å². The molecule has 0 bridgehead atoms. The molecule has 0 radical (unpaired) electrons. The van der Waals surface area contributed by atoms with Crippen molar-refractivity contribution in [3.63, 3.8) is 0 Å². The Bertz CT molecular complexity index is 516. The number of rotatable bonds is 6. The van der Waals surface area contributed by atoms with Gasteiger partial charge in [-0.25, -0.2) is 4.39 Å². The molecule has 1 aromatic carbocycles. The standard InChI is InChI=1S/C14H17FN2OS/c1-3-6-17-14(13-8-16-9-19-13)11-5-4-10(18-2)7-12(11)15/h4-5,7-9,14,17H,3,6H2,1-2H3. The van der Waals surface area contributed by atoms with Gasteiger partial charge in [0.2, 0.25) is 0 Å². The number of nitrogens with zero attached hydrogens (tertiary/aromatic N) is 1. The van der Waals surface area contributed by atoms with Crippen LogP contribution in [0.4, 0.5) is 4.39 Å². The molecule has 1 heterocycles. The predicted octanol–water partition coefficient (Wildman–Crippen LogP) is 3.38. The molecule has 5 heteroatoms. The quantitative estimate of drug-likeness (QED) is 0.881. The molecule has 0 aliphatic rings. The van der Waals surface area contributed by atoms with Crippen molar-refractivity contribution in [3.05, 3.63) is 46.2 Å². The van der Waals surface area contributed by atoms with Gasteiger partial charge in [-0.1, -0.05) is 13.0 Å². The largest absolute Gasteiger partial charge is 0.497 e. The van der Waals surface area contributed by atoms with Crippen molar-refractivity contribution in [3.8, 4) is 5.75 Å². The molecule has 2 rings (SSSR count). The summed E-state index contributed by atoms with van der Waals surface area (Å²) in [5.41, 5.74) is 2.38. The number of hydrogen-bond acceptors (Lipinski definition) is 4. The highest BCUT2D eigenvalue weighted by Gasteiger charge is 2.19. The Morgan fingerprint density at radius 3 is 2.89 bits per heavy atom. The zero-order valence-corrected chi connectivity index (χ0v) is 11.8. The molecule has 0 saturated heterocycles. The zero-order valence-electron chi connectivity index (χ0n) is 11.0. The molecule has 0 fully saturated rings. The summed E-state index contributed by atoms with van der Waals surface area (Å²) in [5, 5.41) is 3.36. The number of benzene rings is 1. The fourth-order valence-corrected chi connectivity index (χ4v) is 2.60. The van der Waals surface area contributed by atoms with E-state index < -0.39 is 0 Å². The van der Waals surface area contributed by atoms with Crippen molar-refractivity contribution in [1.82, 2.24) is 10.3 Å². The molecule has 1 N–H and O–H groups in total. The first-order chi connectivity index (χ1) is 9.26. The highest BCUT2D eigenvalue weighted by molar-refractivity contribution is 7.09. The van der Waals surface area contributed by atoms with E-state index in [1.807, 2.05) is 0 Å². The second-order valence-electron chi connectivity index (χ2n) is 4.18. The van der Waals surface area contributed by atoms with Crippen LogP contribution >= 0.6 is 11.3 Å². The van der Waals surface area contributed by atoms with E-state index in [4.69, 9.17) is 4.74 Å². The average Bonchev–Trinajstić information content (AvgIpc) is 2.94. The van der Waals surface area contributed by atoms with E-state index >= 15 is 0 Å². The van der Waals surface area contributed by atoms with E-state index in [9.17, 15) is 4.39 Å². The van der Waals surface area contributed by atoms with Gasteiger partial charge < -0.3 is 10.1 Å². The van der Waals surface area contributed by atoms with Gasteiger partial charge in [0.25, 0.3) is 0 Å². The minimum Gasteiger partial charge on any atom is -0.497 e. The van der Waals surface area contributed by atoms with Crippen LogP contribution in [0.2, 0.25) is 0 Å². The molecule has 1 unspecified atom stereocenters. The Kier molecular flexibility index (Phi) is 4.87. The van der Waals surface area contributed by atoms with E-state index in [0.717, 1.165) is 17.8 Å². The summed E-state index contributed by atoms with van der Waals surface area (Å²) >= 11 is 1.52. The van der Waals surface area contributed by atoms with Crippen molar-refractivity contribution in [2.45, 2.75) is 19.4 Å². The minimum absolute atomic E-state index is 0.154. The van der Waals surface area contributed by atoms with Gasteiger partial charge in [0.1, 0.15) is 11.6 Å². The highest BCUT2D eigenvalue weighted by atomic mass is 32.1. The van der Waals surface area contributed by atoms with Gasteiger partial charge in [-0.3, -0.25) is 4.98 Å². The molecule has 0 saturated carbocycles. The molecule has 0 aliphatic heterocycles. The molecular formula is C14H17FN2OS. The van der Waals surface area contributed by atoms with Gasteiger partial charge in [-0.15, -0.1) is 11.3 Å². The Morgan fingerprint density at radius 1 is 1.47 bits per heavy atom. The normalized spacial score (nSPS) is 12.4. The highest BCUT2D eigenvalue weighted by Crippen LogP contribution is 2.29. The van der Waals surface area contributed by atoms with Crippen molar-refractivity contribution >= 4 is 11.3 Å². The van der Waals surface area contributed by atoms with Crippen molar-refractivity contribution in [2.75, 3.05) is 13.7 Å². The van der Waals surface area contributed by atoms with Crippen LogP contribution in [0.5, 0.6) is 5.75 Å². The third-order valence-corrected chi connectivity index (χ3v) is 3.69. The maximum Gasteiger partial charge on any atom is 0.132 e. The summed E-state index contributed by atoms with van der Waals surface area (Å²) in [6.07, 6.45) is 2.77. The van der Waals surface area contributed by atoms with Crippen molar-refractivity contribution in [2.24, 2.45) is 0 Å². The second kappa shape index (κ2) is 6.63. The van der Waals surface area contributed by atoms with Crippen LogP contribution in [-0.4, -0.2) is 18.6 Å². The summed E-state index contributed by atoms with van der Waals surface area (Å²) in [7, 11) is 1.53. The third-order valence-electron chi connectivity index (χ3n) is 2.85. The number of nitrogens with one attached hydrogen (secondary N) is 1. The van der Waals surface area contributed by atoms with Crippen LogP contribution in [0.1, 0.15) is 29.8 Å². The third kappa shape index (κ3) is 3.30. The summed E-state index contributed by atoms with van der Waals surface area (Å²) in [4.78, 5) is 5.08. The molecule has 1 atom stereocenters. The zero-order chi connectivity index (χ0) is 13.7. The van der Waals surface area contributed by atoms with Crippen LogP contribution in [0, 0.1) is 5.82 Å². The van der Waals surface area contributed by atoms with Crippen LogP contribution in [0.3, 0.4) is 0 Å². The Balaban J connectivity index is 2.32. The average molecular weight is 280 g/mol. The molecule has 3 nitrogen and oxygen atoms in total. The number of halogens is 1. The van der Waals surface area contributed by atoms with Crippen LogP contribution < -0.4 is 10.1 Å². The minimum atomic E-state index is -0.263. The molecule has 0 spiro atoms. The fourth-order valence-electron chi connectivity index (χ4n) is 1.89. The van der Waals surface area contributed by atoms with Gasteiger partial charge in [0, 0.05) is 22.7 Å². The number of aromatic nitrogens is 1. The summed E-state index contributed by atoms with van der Waals surface area (Å²) in [6.45, 7) is 2.91. The predicted molar refractivity (Wildman–Crippen MR) is 75.2 cm³/mol. The lowest BCUT2D eigenvalue weighted by Crippen LogP contribution is -2.23. The van der Waals surface area contributed by atoms with E-state index in [0.29, 0.717) is 11.3 Å². The lowest BCUT2D eigenvalue weighted by atomic mass is 10.0. The molecule has 19 heavy (non-hydrogen) atoms. The second-order valence-corrected chi connectivity index (χ2v) is 5.10. The molecule has 1 aromatic heterocycles. The molecule has 0 amide bonds. The van der Waals surface area contributed by atoms with E-state index in [1.165, 1.54) is 24.5 Å². The Labute approximate surface area is 116 Å². The first kappa shape index (κ1) is 14.0. The fraction of sp³-hybridized carbons (Fsp3) is 0.357. The van der Waals surface area contributed by atoms with Gasteiger partial charge in [-0.2, -0.15) is 0 Å². The van der Waals surface area contributed by atoms with Crippen LogP contribution in [0.25, 0.3) is 0 Å². The maximum atomic E-state index is 14.2. The summed E-state index contributed by atoms with van der Waals surface area (Å²) in [5.74, 6) is 0.265. The molecule has 2 aromatic rings. The molecular weight excluding hydrogens is 263 g/mol. The van der Waals surface area contributed by atoms with Gasteiger partial charge in [-0.05, 0) is 19.0 Å². The Hall–Kier alpha value is -1.46. The van der Waals surface area contributed by atoms with Crippen LogP contribution in [0.15, 0.2) is 29.9 Å². The van der Waals surface area contributed by atoms with Gasteiger partial charge >= 0.3 is 0 Å². The number of ether oxygens (including phenoxy) is 1. The van der Waals surface area contributed by atoms with E-state index in [1.54, 1.807) is 23.8 Å².